The van der Waals surface area contributed by atoms with Crippen LogP contribution >= 0.6 is 0 Å². The predicted molar refractivity (Wildman–Crippen MR) is 198 cm³/mol. The van der Waals surface area contributed by atoms with Gasteiger partial charge in [0.15, 0.2) is 5.75 Å². The number of rotatable bonds is 6. The fraction of sp³-hybridized carbons (Fsp3) is 0.615. The van der Waals surface area contributed by atoms with Crippen molar-refractivity contribution in [2.75, 3.05) is 6.54 Å². The second-order valence-corrected chi connectivity index (χ2v) is 19.1. The minimum atomic E-state index is -4.95. The van der Waals surface area contributed by atoms with Crippen molar-refractivity contribution in [3.05, 3.63) is 47.7 Å². The average Bonchev–Trinajstić information content (AvgIpc) is 4.03. The zero-order valence-corrected chi connectivity index (χ0v) is 33.0. The van der Waals surface area contributed by atoms with Crippen LogP contribution < -0.4 is 20.1 Å². The Hall–Kier alpha value is -4.55. The molecular weight excluding hydrogens is 794 g/mol. The number of amides is 4. The van der Waals surface area contributed by atoms with E-state index in [1.54, 1.807) is 30.3 Å². The van der Waals surface area contributed by atoms with Gasteiger partial charge in [-0.2, -0.15) is 13.2 Å². The van der Waals surface area contributed by atoms with Gasteiger partial charge in [0.05, 0.1) is 16.8 Å². The highest BCUT2D eigenvalue weighted by Crippen LogP contribution is 2.49. The second kappa shape index (κ2) is 14.6. The number of ether oxygens (including phenoxy) is 2. The molecule has 2 aromatic rings. The lowest BCUT2D eigenvalue weighted by Crippen LogP contribution is -2.59. The fourth-order valence-electron chi connectivity index (χ4n) is 8.12. The number of allylic oxidation sites excluding steroid dienone is 1. The SMILES string of the molecule is CC(C)(OC(=O)N[C@H]1CCCCC/C=C\[C@@H]2C[C@@]2(C(=O)NS(=O)(=O)C2(C)CC2)NC(=O)[C@@H]2C[C@]3(CCc4c(c(C(F)F)nc5ccccc45)O3)CN2C1=O)C(F)(F)F. The smallest absolute Gasteiger partial charge is 0.427 e. The van der Waals surface area contributed by atoms with Crippen molar-refractivity contribution in [1.82, 2.24) is 25.2 Å². The third-order valence-electron chi connectivity index (χ3n) is 12.3. The molecule has 5 atom stereocenters. The molecule has 316 valence electrons. The Morgan fingerprint density at radius 1 is 1.07 bits per heavy atom. The summed E-state index contributed by atoms with van der Waals surface area (Å²) in [5, 5.41) is 5.60. The Balaban J connectivity index is 1.25. The summed E-state index contributed by atoms with van der Waals surface area (Å²) in [5.74, 6) is -3.49. The maximum Gasteiger partial charge on any atom is 0.427 e. The number of alkyl carbamates (subject to hydrolysis) is 1. The van der Waals surface area contributed by atoms with Crippen LogP contribution in [0, 0.1) is 5.92 Å². The molecule has 7 rings (SSSR count). The zero-order valence-electron chi connectivity index (χ0n) is 32.2. The van der Waals surface area contributed by atoms with Crippen molar-refractivity contribution in [2.45, 2.75) is 138 Å². The van der Waals surface area contributed by atoms with Gasteiger partial charge in [0.25, 0.3) is 12.3 Å². The number of nitrogens with zero attached hydrogens (tertiary/aromatic N) is 2. The number of para-hydroxylation sites is 1. The number of sulfonamides is 1. The summed E-state index contributed by atoms with van der Waals surface area (Å²) in [6.45, 7) is 2.45. The highest BCUT2D eigenvalue weighted by molar-refractivity contribution is 7.91. The van der Waals surface area contributed by atoms with Crippen LogP contribution in [0.2, 0.25) is 0 Å². The Morgan fingerprint density at radius 3 is 2.48 bits per heavy atom. The molecule has 2 aliphatic carbocycles. The lowest BCUT2D eigenvalue weighted by molar-refractivity contribution is -0.244. The van der Waals surface area contributed by atoms with Gasteiger partial charge >= 0.3 is 12.3 Å². The Kier molecular flexibility index (Phi) is 10.5. The molecule has 4 amide bonds. The highest BCUT2D eigenvalue weighted by atomic mass is 32.2. The van der Waals surface area contributed by atoms with Gasteiger partial charge in [0.1, 0.15) is 28.9 Å². The molecule has 1 spiro atoms. The Morgan fingerprint density at radius 2 is 1.79 bits per heavy atom. The fourth-order valence-corrected chi connectivity index (χ4v) is 9.43. The van der Waals surface area contributed by atoms with Crippen molar-refractivity contribution >= 4 is 44.7 Å². The molecule has 0 unspecified atom stereocenters. The van der Waals surface area contributed by atoms with Crippen molar-refractivity contribution in [2.24, 2.45) is 5.92 Å². The van der Waals surface area contributed by atoms with Crippen molar-refractivity contribution in [1.29, 1.82) is 0 Å². The summed E-state index contributed by atoms with van der Waals surface area (Å²) in [7, 11) is -4.12. The van der Waals surface area contributed by atoms with Crippen LogP contribution in [0.5, 0.6) is 5.75 Å². The molecule has 0 bridgehead atoms. The quantitative estimate of drug-likeness (QED) is 0.245. The monoisotopic (exact) mass is 839 g/mol. The number of benzene rings is 1. The molecule has 13 nitrogen and oxygen atoms in total. The molecule has 1 saturated heterocycles. The Labute approximate surface area is 331 Å². The van der Waals surface area contributed by atoms with Gasteiger partial charge in [-0.25, -0.2) is 27.0 Å². The van der Waals surface area contributed by atoms with Crippen molar-refractivity contribution in [3.8, 4) is 5.75 Å². The molecule has 2 saturated carbocycles. The van der Waals surface area contributed by atoms with Crippen LogP contribution in [-0.4, -0.2) is 88.4 Å². The number of pyridine rings is 1. The molecule has 3 aliphatic heterocycles. The van der Waals surface area contributed by atoms with E-state index in [-0.39, 0.29) is 44.4 Å². The standard InChI is InChI=1S/C39H46F5N5O8S/c1-35(2,39(42,43)44)57-34(53)46-26-14-8-6-4-5-7-11-22-19-38(22,33(52)48-58(54,55)36(3)17-18-36)47-31(50)27-20-37(21-49(27)32(26)51)16-15-24-23-12-9-10-13-25(23)45-28(30(40)41)29(24)56-37/h7,9-13,22,26-27,30H,4-6,8,14-21H2,1-3H3,(H,46,53)(H,47,50)(H,48,52)/b11-7-/t22-,26+,27+,37-,38-/m1/s1. The largest absolute Gasteiger partial charge is 0.483 e. The maximum atomic E-state index is 14.6. The predicted octanol–water partition coefficient (Wildman–Crippen LogP) is 5.67. The molecule has 4 heterocycles. The molecule has 1 aromatic carbocycles. The maximum absolute atomic E-state index is 14.6. The van der Waals surface area contributed by atoms with E-state index in [0.717, 1.165) is 4.90 Å². The van der Waals surface area contributed by atoms with E-state index in [9.17, 15) is 49.5 Å². The number of aryl methyl sites for hydroxylation is 1. The third-order valence-corrected chi connectivity index (χ3v) is 14.4. The van der Waals surface area contributed by atoms with Gasteiger partial charge in [-0.15, -0.1) is 0 Å². The van der Waals surface area contributed by atoms with E-state index in [1.165, 1.54) is 6.92 Å². The molecule has 1 aromatic heterocycles. The van der Waals surface area contributed by atoms with E-state index in [0.29, 0.717) is 68.8 Å². The molecule has 0 radical (unpaired) electrons. The number of alkyl halides is 5. The summed E-state index contributed by atoms with van der Waals surface area (Å²) < 4.78 is 109. The number of carbonyl (C=O) groups excluding carboxylic acids is 4. The van der Waals surface area contributed by atoms with Crippen LogP contribution in [0.4, 0.5) is 26.7 Å². The van der Waals surface area contributed by atoms with Crippen LogP contribution in [0.3, 0.4) is 0 Å². The first-order valence-electron chi connectivity index (χ1n) is 19.4. The summed E-state index contributed by atoms with van der Waals surface area (Å²) in [4.78, 5) is 61.4. The van der Waals surface area contributed by atoms with Gasteiger partial charge in [-0.1, -0.05) is 43.2 Å². The number of halogens is 5. The molecule has 5 aliphatic rings. The minimum absolute atomic E-state index is 0.0461. The molecule has 3 N–H and O–H groups in total. The number of carbonyl (C=O) groups is 4. The first kappa shape index (κ1) is 41.6. The summed E-state index contributed by atoms with van der Waals surface area (Å²) in [6, 6.07) is 3.75. The minimum Gasteiger partial charge on any atom is -0.483 e. The summed E-state index contributed by atoms with van der Waals surface area (Å²) in [5.41, 5.74) is -5.93. The van der Waals surface area contributed by atoms with E-state index in [1.807, 2.05) is 6.08 Å². The second-order valence-electron chi connectivity index (χ2n) is 16.9. The Bertz CT molecular complexity index is 2160. The number of fused-ring (bicyclic) bond motifs is 5. The van der Waals surface area contributed by atoms with E-state index in [4.69, 9.17) is 9.47 Å². The van der Waals surface area contributed by atoms with E-state index in [2.05, 4.69) is 20.3 Å². The van der Waals surface area contributed by atoms with E-state index < -0.39 is 91.6 Å². The summed E-state index contributed by atoms with van der Waals surface area (Å²) in [6.07, 6.45) is -3.29. The topological polar surface area (TPSA) is 173 Å². The highest BCUT2D eigenvalue weighted by Gasteiger charge is 2.64. The zero-order chi connectivity index (χ0) is 42.1. The van der Waals surface area contributed by atoms with E-state index >= 15 is 0 Å². The molecule has 3 fully saturated rings. The van der Waals surface area contributed by atoms with Crippen molar-refractivity contribution < 1.29 is 59.0 Å². The molecule has 58 heavy (non-hydrogen) atoms. The van der Waals surface area contributed by atoms with Gasteiger partial charge in [0.2, 0.25) is 27.4 Å². The van der Waals surface area contributed by atoms with Crippen LogP contribution in [0.1, 0.15) is 103 Å². The molecule has 19 heteroatoms. The first-order valence-corrected chi connectivity index (χ1v) is 20.9. The van der Waals surface area contributed by atoms with Gasteiger partial charge < -0.3 is 25.0 Å². The number of hydrogen-bond acceptors (Lipinski definition) is 9. The molecular formula is C39H46F5N5O8S. The summed E-state index contributed by atoms with van der Waals surface area (Å²) >= 11 is 0. The number of aromatic nitrogens is 1. The average molecular weight is 840 g/mol. The number of nitrogens with one attached hydrogen (secondary N) is 3. The van der Waals surface area contributed by atoms with Crippen LogP contribution in [0.15, 0.2) is 36.4 Å². The normalized spacial score (nSPS) is 29.2. The lowest BCUT2D eigenvalue weighted by atomic mass is 9.87. The van der Waals surface area contributed by atoms with Gasteiger partial charge in [-0.05, 0) is 78.2 Å². The first-order chi connectivity index (χ1) is 27.1. The van der Waals surface area contributed by atoms with Gasteiger partial charge in [0, 0.05) is 23.3 Å². The van der Waals surface area contributed by atoms with Crippen LogP contribution in [-0.2, 0) is 35.6 Å². The van der Waals surface area contributed by atoms with Crippen molar-refractivity contribution in [3.63, 3.8) is 0 Å². The van der Waals surface area contributed by atoms with Crippen LogP contribution in [0.25, 0.3) is 10.9 Å². The lowest BCUT2D eigenvalue weighted by Gasteiger charge is -2.37. The van der Waals surface area contributed by atoms with Gasteiger partial charge in [-0.3, -0.25) is 19.1 Å². The third kappa shape index (κ3) is 7.70. The number of hydrogen-bond donors (Lipinski definition) is 3.